The predicted molar refractivity (Wildman–Crippen MR) is 97.7 cm³/mol. The number of carbonyl (C=O) groups is 2. The van der Waals surface area contributed by atoms with Gasteiger partial charge in [-0.2, -0.15) is 0 Å². The first-order chi connectivity index (χ1) is 12.7. The van der Waals surface area contributed by atoms with E-state index in [9.17, 15) is 9.59 Å². The van der Waals surface area contributed by atoms with Crippen LogP contribution in [0.2, 0.25) is 0 Å². The Morgan fingerprint density at radius 2 is 2.08 bits per heavy atom. The number of nitrogens with zero attached hydrogens (tertiary/aromatic N) is 4. The second-order valence-electron chi connectivity index (χ2n) is 7.38. The third-order valence-electron chi connectivity index (χ3n) is 5.13. The fourth-order valence-corrected chi connectivity index (χ4v) is 3.34. The Balaban J connectivity index is 1.48. The Morgan fingerprint density at radius 3 is 2.85 bits per heavy atom. The molecule has 2 fully saturated rings. The van der Waals surface area contributed by atoms with Gasteiger partial charge in [-0.1, -0.05) is 12.1 Å². The molecule has 0 bridgehead atoms. The van der Waals surface area contributed by atoms with Gasteiger partial charge in [0.15, 0.2) is 5.69 Å². The van der Waals surface area contributed by atoms with Crippen LogP contribution in [0.25, 0.3) is 0 Å². The normalized spacial score (nSPS) is 20.0. The number of aromatic nitrogens is 3. The molecule has 144 valence electrons. The largest absolute Gasteiger partial charge is 0.350 e. The molecule has 1 saturated heterocycles. The molecule has 2 aliphatic rings. The van der Waals surface area contributed by atoms with E-state index in [2.05, 4.69) is 27.9 Å². The van der Waals surface area contributed by atoms with Crippen LogP contribution in [0.5, 0.6) is 0 Å². The van der Waals surface area contributed by atoms with Gasteiger partial charge in [-0.15, -0.1) is 5.10 Å². The lowest BCUT2D eigenvalue weighted by atomic mass is 10.00. The lowest BCUT2D eigenvalue weighted by Gasteiger charge is -2.35. The summed E-state index contributed by atoms with van der Waals surface area (Å²) in [7, 11) is 0. The van der Waals surface area contributed by atoms with Crippen molar-refractivity contribution in [2.45, 2.75) is 64.5 Å². The molecule has 3 amide bonds. The van der Waals surface area contributed by atoms with Crippen molar-refractivity contribution >= 4 is 11.9 Å². The molecule has 1 aliphatic heterocycles. The summed E-state index contributed by atoms with van der Waals surface area (Å²) >= 11 is 0. The van der Waals surface area contributed by atoms with Crippen LogP contribution in [0, 0.1) is 5.92 Å². The highest BCUT2D eigenvalue weighted by molar-refractivity contribution is 5.91. The van der Waals surface area contributed by atoms with Gasteiger partial charge in [-0.05, 0) is 50.9 Å². The van der Waals surface area contributed by atoms with Crippen molar-refractivity contribution in [2.24, 2.45) is 5.92 Å². The lowest BCUT2D eigenvalue weighted by Crippen LogP contribution is -2.49. The summed E-state index contributed by atoms with van der Waals surface area (Å²) in [5.74, 6) is 0.492. The van der Waals surface area contributed by atoms with Crippen molar-refractivity contribution in [3.05, 3.63) is 11.9 Å². The monoisotopic (exact) mass is 362 g/mol. The van der Waals surface area contributed by atoms with Gasteiger partial charge in [0.1, 0.15) is 0 Å². The van der Waals surface area contributed by atoms with E-state index in [1.807, 2.05) is 4.90 Å². The summed E-state index contributed by atoms with van der Waals surface area (Å²) in [6.45, 7) is 4.97. The van der Waals surface area contributed by atoms with Gasteiger partial charge >= 0.3 is 6.03 Å². The number of carbonyl (C=O) groups excluding carboxylic acids is 2. The van der Waals surface area contributed by atoms with Crippen molar-refractivity contribution in [1.82, 2.24) is 30.5 Å². The minimum atomic E-state index is -0.151. The maximum Gasteiger partial charge on any atom is 0.317 e. The number of piperidine rings is 1. The fraction of sp³-hybridized carbons (Fsp3) is 0.778. The molecule has 1 aromatic heterocycles. The Kier molecular flexibility index (Phi) is 6.46. The number of rotatable bonds is 8. The number of urea groups is 1. The van der Waals surface area contributed by atoms with Crippen LogP contribution >= 0.6 is 0 Å². The molecule has 3 rings (SSSR count). The third kappa shape index (κ3) is 5.19. The SMILES string of the molecule is CCCNC(=O)N1CCCCC1CCn1cc(C(=O)NCC2CC2)nn1. The quantitative estimate of drug-likeness (QED) is 0.737. The molecule has 0 radical (unpaired) electrons. The zero-order valence-corrected chi connectivity index (χ0v) is 15.6. The Labute approximate surface area is 154 Å². The van der Waals surface area contributed by atoms with E-state index < -0.39 is 0 Å². The number of likely N-dealkylation sites (tertiary alicyclic amines) is 1. The van der Waals surface area contributed by atoms with Crippen molar-refractivity contribution < 1.29 is 9.59 Å². The van der Waals surface area contributed by atoms with Gasteiger partial charge < -0.3 is 15.5 Å². The van der Waals surface area contributed by atoms with Crippen molar-refractivity contribution in [1.29, 1.82) is 0 Å². The van der Waals surface area contributed by atoms with E-state index in [0.717, 1.165) is 45.2 Å². The standard InChI is InChI=1S/C18H30N6O2/c1-2-9-19-18(26)24-10-4-3-5-15(24)8-11-23-13-16(21-22-23)17(25)20-12-14-6-7-14/h13-15H,2-12H2,1H3,(H,19,26)(H,20,25). The summed E-state index contributed by atoms with van der Waals surface area (Å²) in [6.07, 6.45) is 9.10. The molecule has 1 unspecified atom stereocenters. The van der Waals surface area contributed by atoms with Crippen LogP contribution < -0.4 is 10.6 Å². The molecule has 0 spiro atoms. The van der Waals surface area contributed by atoms with E-state index in [4.69, 9.17) is 0 Å². The zero-order valence-electron chi connectivity index (χ0n) is 15.6. The summed E-state index contributed by atoms with van der Waals surface area (Å²) in [6, 6.07) is 0.257. The van der Waals surface area contributed by atoms with E-state index >= 15 is 0 Å². The molecule has 26 heavy (non-hydrogen) atoms. The van der Waals surface area contributed by atoms with Crippen LogP contribution in [0.3, 0.4) is 0 Å². The highest BCUT2D eigenvalue weighted by Gasteiger charge is 2.26. The Bertz CT molecular complexity index is 613. The molecule has 1 saturated carbocycles. The number of hydrogen-bond donors (Lipinski definition) is 2. The van der Waals surface area contributed by atoms with Crippen molar-refractivity contribution in [2.75, 3.05) is 19.6 Å². The lowest BCUT2D eigenvalue weighted by molar-refractivity contribution is 0.0946. The fourth-order valence-electron chi connectivity index (χ4n) is 3.34. The minimum absolute atomic E-state index is 0.0373. The van der Waals surface area contributed by atoms with Crippen LogP contribution in [0.1, 0.15) is 62.4 Å². The maximum absolute atomic E-state index is 12.3. The first kappa shape index (κ1) is 18.7. The second kappa shape index (κ2) is 9.00. The van der Waals surface area contributed by atoms with Gasteiger partial charge in [0.05, 0.1) is 6.20 Å². The highest BCUT2D eigenvalue weighted by Crippen LogP contribution is 2.27. The molecule has 1 atom stereocenters. The number of aryl methyl sites for hydroxylation is 1. The zero-order chi connectivity index (χ0) is 18.4. The van der Waals surface area contributed by atoms with Crippen molar-refractivity contribution in [3.8, 4) is 0 Å². The van der Waals surface area contributed by atoms with Crippen LogP contribution in [0.15, 0.2) is 6.20 Å². The average molecular weight is 362 g/mol. The molecule has 8 nitrogen and oxygen atoms in total. The second-order valence-corrected chi connectivity index (χ2v) is 7.38. The topological polar surface area (TPSA) is 92.2 Å². The number of hydrogen-bond acceptors (Lipinski definition) is 4. The van der Waals surface area contributed by atoms with E-state index in [1.165, 1.54) is 12.8 Å². The van der Waals surface area contributed by atoms with Crippen LogP contribution in [-0.4, -0.2) is 57.5 Å². The molecule has 8 heteroatoms. The molecule has 1 aromatic rings. The maximum atomic E-state index is 12.3. The summed E-state index contributed by atoms with van der Waals surface area (Å²) in [5.41, 5.74) is 0.367. The molecule has 2 N–H and O–H groups in total. The third-order valence-corrected chi connectivity index (χ3v) is 5.13. The van der Waals surface area contributed by atoms with E-state index in [1.54, 1.807) is 10.9 Å². The number of nitrogens with one attached hydrogen (secondary N) is 2. The van der Waals surface area contributed by atoms with Crippen molar-refractivity contribution in [3.63, 3.8) is 0 Å². The molecular weight excluding hydrogens is 332 g/mol. The average Bonchev–Trinajstić information content (AvgIpc) is 3.38. The summed E-state index contributed by atoms with van der Waals surface area (Å²) in [4.78, 5) is 26.3. The van der Waals surface area contributed by atoms with Gasteiger partial charge in [0.2, 0.25) is 0 Å². The van der Waals surface area contributed by atoms with Crippen LogP contribution in [-0.2, 0) is 6.54 Å². The highest BCUT2D eigenvalue weighted by atomic mass is 16.2. The number of amides is 3. The molecule has 0 aromatic carbocycles. The first-order valence-electron chi connectivity index (χ1n) is 9.90. The van der Waals surface area contributed by atoms with E-state index in [-0.39, 0.29) is 18.0 Å². The van der Waals surface area contributed by atoms with Gasteiger partial charge in [-0.25, -0.2) is 4.79 Å². The molecule has 2 heterocycles. The first-order valence-corrected chi connectivity index (χ1v) is 9.90. The molecule has 1 aliphatic carbocycles. The smallest absolute Gasteiger partial charge is 0.317 e. The minimum Gasteiger partial charge on any atom is -0.350 e. The Morgan fingerprint density at radius 1 is 1.23 bits per heavy atom. The predicted octanol–water partition coefficient (Wildman–Crippen LogP) is 1.78. The van der Waals surface area contributed by atoms with Crippen LogP contribution in [0.4, 0.5) is 4.79 Å². The Hall–Kier alpha value is -2.12. The summed E-state index contributed by atoms with van der Waals surface area (Å²) in [5, 5.41) is 13.9. The van der Waals surface area contributed by atoms with Gasteiger partial charge in [0, 0.05) is 32.2 Å². The van der Waals surface area contributed by atoms with E-state index in [0.29, 0.717) is 24.7 Å². The van der Waals surface area contributed by atoms with Gasteiger partial charge in [0.25, 0.3) is 5.91 Å². The summed E-state index contributed by atoms with van der Waals surface area (Å²) < 4.78 is 1.71. The molecular formula is C18H30N6O2. The van der Waals surface area contributed by atoms with Gasteiger partial charge in [-0.3, -0.25) is 9.48 Å².